The van der Waals surface area contributed by atoms with Gasteiger partial charge in [-0.2, -0.15) is 4.99 Å². The van der Waals surface area contributed by atoms with E-state index in [0.29, 0.717) is 29.6 Å². The largest absolute Gasteiger partial charge is 0.485 e. The van der Waals surface area contributed by atoms with Gasteiger partial charge in [-0.15, -0.1) is 0 Å². The molecule has 6 rings (SSSR count). The highest BCUT2D eigenvalue weighted by Crippen LogP contribution is 2.34. The fourth-order valence-corrected chi connectivity index (χ4v) is 5.76. The van der Waals surface area contributed by atoms with Crippen LogP contribution in [-0.2, 0) is 18.0 Å². The van der Waals surface area contributed by atoms with Crippen LogP contribution in [0.15, 0.2) is 119 Å². The third-order valence-electron chi connectivity index (χ3n) is 7.02. The Morgan fingerprint density at radius 3 is 1.88 bits per heavy atom. The second-order valence-corrected chi connectivity index (χ2v) is 10.9. The highest BCUT2D eigenvalue weighted by molar-refractivity contribution is 8.18. The number of aliphatic imine (C=N–C) groups is 1. The topological polar surface area (TPSA) is 54.4 Å². The number of piperazine rings is 1. The van der Waals surface area contributed by atoms with Crippen LogP contribution < -0.4 is 14.4 Å². The van der Waals surface area contributed by atoms with Crippen LogP contribution in [0, 0.1) is 0 Å². The van der Waals surface area contributed by atoms with Crippen molar-refractivity contribution in [2.24, 2.45) is 4.99 Å². The van der Waals surface area contributed by atoms with Gasteiger partial charge in [-0.3, -0.25) is 4.79 Å². The first-order chi connectivity index (χ1) is 20.2. The van der Waals surface area contributed by atoms with E-state index in [1.807, 2.05) is 91.0 Å². The highest BCUT2D eigenvalue weighted by Gasteiger charge is 2.28. The minimum Gasteiger partial charge on any atom is -0.485 e. The van der Waals surface area contributed by atoms with Gasteiger partial charge in [0.2, 0.25) is 0 Å². The summed E-state index contributed by atoms with van der Waals surface area (Å²) in [6.07, 6.45) is 1.89. The standard InChI is InChI=1S/C34H31N3O3S/c38-33-32(41-34(35-33)37-20-18-36(19-21-37)29-14-8-3-9-15-29)23-28-16-17-30(39-24-26-10-4-1-5-11-26)31(22-28)40-25-27-12-6-2-7-13-27/h1-17,22-23H,18-21,24-25H2/b32-23-. The summed E-state index contributed by atoms with van der Waals surface area (Å²) in [5, 5.41) is 0.775. The first-order valence-electron chi connectivity index (χ1n) is 13.8. The van der Waals surface area contributed by atoms with Crippen molar-refractivity contribution < 1.29 is 14.3 Å². The molecule has 0 N–H and O–H groups in total. The first kappa shape index (κ1) is 26.7. The molecule has 7 heteroatoms. The van der Waals surface area contributed by atoms with E-state index in [4.69, 9.17) is 9.47 Å². The molecule has 0 spiro atoms. The molecule has 4 aromatic rings. The highest BCUT2D eigenvalue weighted by atomic mass is 32.2. The Kier molecular flexibility index (Phi) is 8.33. The monoisotopic (exact) mass is 561 g/mol. The lowest BCUT2D eigenvalue weighted by Gasteiger charge is -2.36. The number of nitrogens with zero attached hydrogens (tertiary/aromatic N) is 3. The van der Waals surface area contributed by atoms with Crippen molar-refractivity contribution in [3.05, 3.63) is 131 Å². The van der Waals surface area contributed by atoms with E-state index in [9.17, 15) is 4.79 Å². The summed E-state index contributed by atoms with van der Waals surface area (Å²) in [5.74, 6) is 1.09. The third kappa shape index (κ3) is 6.81. The summed E-state index contributed by atoms with van der Waals surface area (Å²) in [5.41, 5.74) is 4.24. The van der Waals surface area contributed by atoms with Crippen LogP contribution in [0.3, 0.4) is 0 Å². The molecule has 4 aromatic carbocycles. The van der Waals surface area contributed by atoms with Gasteiger partial charge in [0.25, 0.3) is 5.91 Å². The van der Waals surface area contributed by atoms with Gasteiger partial charge < -0.3 is 19.3 Å². The molecule has 1 fully saturated rings. The quantitative estimate of drug-likeness (QED) is 0.225. The molecule has 206 valence electrons. The Morgan fingerprint density at radius 1 is 0.683 bits per heavy atom. The summed E-state index contributed by atoms with van der Waals surface area (Å²) in [6, 6.07) is 36.3. The van der Waals surface area contributed by atoms with Gasteiger partial charge in [0.1, 0.15) is 13.2 Å². The predicted octanol–water partition coefficient (Wildman–Crippen LogP) is 6.64. The van der Waals surface area contributed by atoms with E-state index in [1.165, 1.54) is 17.4 Å². The predicted molar refractivity (Wildman–Crippen MR) is 166 cm³/mol. The fourth-order valence-electron chi connectivity index (χ4n) is 4.80. The van der Waals surface area contributed by atoms with Gasteiger partial charge >= 0.3 is 0 Å². The van der Waals surface area contributed by atoms with Gasteiger partial charge in [0.15, 0.2) is 16.7 Å². The minimum absolute atomic E-state index is 0.202. The van der Waals surface area contributed by atoms with Gasteiger partial charge in [0.05, 0.1) is 4.91 Å². The Bertz CT molecular complexity index is 1530. The minimum atomic E-state index is -0.202. The number of carbonyl (C=O) groups is 1. The molecule has 0 atom stereocenters. The normalized spacial score (nSPS) is 16.1. The van der Waals surface area contributed by atoms with Crippen LogP contribution in [0.5, 0.6) is 11.5 Å². The molecule has 6 nitrogen and oxygen atoms in total. The van der Waals surface area contributed by atoms with Crippen LogP contribution in [0.1, 0.15) is 16.7 Å². The van der Waals surface area contributed by atoms with E-state index in [-0.39, 0.29) is 5.91 Å². The van der Waals surface area contributed by atoms with E-state index in [0.717, 1.165) is 48.0 Å². The second kappa shape index (κ2) is 12.8. The molecule has 0 unspecified atom stereocenters. The van der Waals surface area contributed by atoms with Crippen molar-refractivity contribution in [1.29, 1.82) is 0 Å². The van der Waals surface area contributed by atoms with Crippen molar-refractivity contribution in [3.63, 3.8) is 0 Å². The van der Waals surface area contributed by atoms with Crippen LogP contribution in [0.2, 0.25) is 0 Å². The average Bonchev–Trinajstić information content (AvgIpc) is 3.40. The Balaban J connectivity index is 1.14. The number of rotatable bonds is 8. The SMILES string of the molecule is O=C1N=C(N2CCN(c3ccccc3)CC2)S/C1=C\c1ccc(OCc2ccccc2)c(OCc2ccccc2)c1. The van der Waals surface area contributed by atoms with Crippen molar-refractivity contribution in [3.8, 4) is 11.5 Å². The molecule has 0 bridgehead atoms. The maximum absolute atomic E-state index is 12.9. The van der Waals surface area contributed by atoms with Crippen molar-refractivity contribution in [2.45, 2.75) is 13.2 Å². The fraction of sp³-hybridized carbons (Fsp3) is 0.176. The van der Waals surface area contributed by atoms with Crippen LogP contribution in [-0.4, -0.2) is 42.2 Å². The lowest BCUT2D eigenvalue weighted by molar-refractivity contribution is -0.113. The Hall–Kier alpha value is -4.49. The zero-order valence-electron chi connectivity index (χ0n) is 22.7. The molecule has 1 amide bonds. The van der Waals surface area contributed by atoms with Crippen molar-refractivity contribution in [2.75, 3.05) is 31.1 Å². The average molecular weight is 562 g/mol. The molecule has 0 aliphatic carbocycles. The van der Waals surface area contributed by atoms with Crippen LogP contribution >= 0.6 is 11.8 Å². The Morgan fingerprint density at radius 2 is 1.24 bits per heavy atom. The summed E-state index contributed by atoms with van der Waals surface area (Å²) in [4.78, 5) is 22.4. The number of para-hydroxylation sites is 1. The maximum Gasteiger partial charge on any atom is 0.286 e. The molecule has 0 aromatic heterocycles. The molecular weight excluding hydrogens is 530 g/mol. The molecule has 0 radical (unpaired) electrons. The van der Waals surface area contributed by atoms with Crippen molar-refractivity contribution in [1.82, 2.24) is 4.90 Å². The molecule has 41 heavy (non-hydrogen) atoms. The molecular formula is C34H31N3O3S. The second-order valence-electron chi connectivity index (χ2n) is 9.87. The number of hydrogen-bond donors (Lipinski definition) is 0. The number of thioether (sulfide) groups is 1. The number of benzene rings is 4. The lowest BCUT2D eigenvalue weighted by atomic mass is 10.1. The molecule has 2 heterocycles. The number of amides is 1. The molecule has 2 aliphatic rings. The third-order valence-corrected chi connectivity index (χ3v) is 8.07. The zero-order valence-corrected chi connectivity index (χ0v) is 23.5. The molecule has 0 saturated carbocycles. The number of amidine groups is 1. The number of hydrogen-bond acceptors (Lipinski definition) is 6. The van der Waals surface area contributed by atoms with Gasteiger partial charge in [0, 0.05) is 31.9 Å². The van der Waals surface area contributed by atoms with Crippen LogP contribution in [0.4, 0.5) is 5.69 Å². The summed E-state index contributed by atoms with van der Waals surface area (Å²) < 4.78 is 12.4. The van der Waals surface area contributed by atoms with Gasteiger partial charge in [-0.25, -0.2) is 0 Å². The Labute approximate surface area is 244 Å². The zero-order chi connectivity index (χ0) is 27.9. The van der Waals surface area contributed by atoms with E-state index < -0.39 is 0 Å². The first-order valence-corrected chi connectivity index (χ1v) is 14.6. The van der Waals surface area contributed by atoms with E-state index in [1.54, 1.807) is 0 Å². The van der Waals surface area contributed by atoms with Gasteiger partial charge in [-0.1, -0.05) is 84.9 Å². The summed E-state index contributed by atoms with van der Waals surface area (Å²) in [6.45, 7) is 4.29. The maximum atomic E-state index is 12.9. The number of ether oxygens (including phenoxy) is 2. The summed E-state index contributed by atoms with van der Waals surface area (Å²) in [7, 11) is 0. The van der Waals surface area contributed by atoms with Crippen LogP contribution in [0.25, 0.3) is 6.08 Å². The summed E-state index contributed by atoms with van der Waals surface area (Å²) >= 11 is 1.44. The van der Waals surface area contributed by atoms with E-state index >= 15 is 0 Å². The smallest absolute Gasteiger partial charge is 0.286 e. The van der Waals surface area contributed by atoms with E-state index in [2.05, 4.69) is 39.1 Å². The number of anilines is 1. The molecule has 2 aliphatic heterocycles. The molecule has 1 saturated heterocycles. The van der Waals surface area contributed by atoms with Gasteiger partial charge in [-0.05, 0) is 58.8 Å². The lowest BCUT2D eigenvalue weighted by Crippen LogP contribution is -2.47. The number of carbonyl (C=O) groups excluding carboxylic acids is 1. The van der Waals surface area contributed by atoms with Crippen molar-refractivity contribution >= 4 is 34.6 Å².